The van der Waals surface area contributed by atoms with Gasteiger partial charge in [-0.2, -0.15) is 18.3 Å². The van der Waals surface area contributed by atoms with Gasteiger partial charge in [0.2, 0.25) is 0 Å². The Bertz CT molecular complexity index is 1810. The SMILES string of the molecule is CC(C)(C)[S@@+]([O-])NC(CCC1CC1)(c1ccccc1)c1ccc(F)c(NC(=O)c2cc(C(F)(F)F)nn2-c2cccc(CNC(=O)O)c2)c1. The van der Waals surface area contributed by atoms with Gasteiger partial charge < -0.3 is 20.3 Å². The number of anilines is 1. The summed E-state index contributed by atoms with van der Waals surface area (Å²) in [6.45, 7) is 5.35. The van der Waals surface area contributed by atoms with Gasteiger partial charge in [-0.15, -0.1) is 4.72 Å². The van der Waals surface area contributed by atoms with Crippen LogP contribution in [0.25, 0.3) is 5.69 Å². The van der Waals surface area contributed by atoms with Crippen molar-refractivity contribution < 1.29 is 36.8 Å². The van der Waals surface area contributed by atoms with Crippen molar-refractivity contribution in [1.82, 2.24) is 19.8 Å². The Morgan fingerprint density at radius 1 is 0.980 bits per heavy atom. The van der Waals surface area contributed by atoms with Crippen molar-refractivity contribution in [3.63, 3.8) is 0 Å². The van der Waals surface area contributed by atoms with Gasteiger partial charge >= 0.3 is 12.3 Å². The van der Waals surface area contributed by atoms with Crippen molar-refractivity contribution in [3.05, 3.63) is 113 Å². The zero-order chi connectivity index (χ0) is 35.6. The quantitative estimate of drug-likeness (QED) is 0.0893. The van der Waals surface area contributed by atoms with E-state index in [1.807, 2.05) is 51.1 Å². The second kappa shape index (κ2) is 14.2. The number of hydrogen-bond acceptors (Lipinski definition) is 5. The molecule has 1 heterocycles. The Balaban J connectivity index is 1.56. The summed E-state index contributed by atoms with van der Waals surface area (Å²) in [5, 5.41) is 17.2. The predicted octanol–water partition coefficient (Wildman–Crippen LogP) is 7.54. The number of hydrogen-bond donors (Lipinski definition) is 4. The highest BCUT2D eigenvalue weighted by Gasteiger charge is 2.43. The lowest BCUT2D eigenvalue weighted by atomic mass is 9.79. The van der Waals surface area contributed by atoms with Crippen LogP contribution >= 0.6 is 0 Å². The largest absolute Gasteiger partial charge is 0.598 e. The number of carbonyl (C=O) groups excluding carboxylic acids is 1. The molecular weight excluding hydrogens is 662 g/mol. The van der Waals surface area contributed by atoms with E-state index in [9.17, 15) is 27.3 Å². The molecule has 1 aliphatic carbocycles. The fourth-order valence-electron chi connectivity index (χ4n) is 5.41. The van der Waals surface area contributed by atoms with Crippen LogP contribution in [0.3, 0.4) is 0 Å². The van der Waals surface area contributed by atoms with Crippen LogP contribution in [-0.4, -0.2) is 36.2 Å². The first-order valence-electron chi connectivity index (χ1n) is 15.7. The smallest absolute Gasteiger partial charge is 0.435 e. The van der Waals surface area contributed by atoms with Gasteiger partial charge in [-0.1, -0.05) is 61.4 Å². The number of carbonyl (C=O) groups is 2. The Labute approximate surface area is 284 Å². The fourth-order valence-corrected chi connectivity index (χ4v) is 6.37. The molecule has 5 rings (SSSR count). The molecule has 4 N–H and O–H groups in total. The van der Waals surface area contributed by atoms with Crippen LogP contribution in [0.1, 0.15) is 79.3 Å². The van der Waals surface area contributed by atoms with E-state index in [1.165, 1.54) is 30.3 Å². The van der Waals surface area contributed by atoms with Crippen molar-refractivity contribution >= 4 is 29.0 Å². The van der Waals surface area contributed by atoms with Crippen LogP contribution in [0, 0.1) is 11.7 Å². The van der Waals surface area contributed by atoms with Crippen LogP contribution in [0.15, 0.2) is 78.9 Å². The lowest BCUT2D eigenvalue weighted by Gasteiger charge is -2.39. The summed E-state index contributed by atoms with van der Waals surface area (Å²) in [6, 6.07) is 19.9. The molecule has 0 bridgehead atoms. The number of benzene rings is 3. The van der Waals surface area contributed by atoms with E-state index in [1.54, 1.807) is 12.1 Å². The first-order chi connectivity index (χ1) is 23.1. The zero-order valence-corrected chi connectivity index (χ0v) is 27.9. The number of nitrogens with zero attached hydrogens (tertiary/aromatic N) is 2. The maximum Gasteiger partial charge on any atom is 0.435 e. The topological polar surface area (TPSA) is 131 Å². The van der Waals surface area contributed by atoms with Crippen LogP contribution < -0.4 is 15.4 Å². The third-order valence-electron chi connectivity index (χ3n) is 8.25. The second-order valence-electron chi connectivity index (χ2n) is 13.0. The Morgan fingerprint density at radius 3 is 2.33 bits per heavy atom. The van der Waals surface area contributed by atoms with Crippen molar-refractivity contribution in [2.45, 2.75) is 69.5 Å². The van der Waals surface area contributed by atoms with E-state index in [2.05, 4.69) is 20.5 Å². The standard InChI is InChI=1S/C35H37F4N5O4S/c1-33(2,3)49(48)43-34(17-16-22-12-13-22,24-9-5-4-6-10-24)25-14-15-27(36)28(19-25)41-31(45)29-20-30(35(37,38)39)42-44(29)26-11-7-8-23(18-26)21-40-32(46)47/h4-11,14-15,18-20,22,40,43H,12-13,16-17,21H2,1-3H3,(H,41,45)(H,46,47)/t34?,49-/m1/s1. The minimum atomic E-state index is -4.90. The summed E-state index contributed by atoms with van der Waals surface area (Å²) in [5.41, 5.74) is -1.50. The summed E-state index contributed by atoms with van der Waals surface area (Å²) < 4.78 is 74.1. The van der Waals surface area contributed by atoms with Gasteiger partial charge in [-0.25, -0.2) is 13.9 Å². The van der Waals surface area contributed by atoms with Crippen LogP contribution in [0.4, 0.5) is 28.0 Å². The normalized spacial score (nSPS) is 15.3. The number of carboxylic acid groups (broad SMARTS) is 1. The number of aromatic nitrogens is 2. The Morgan fingerprint density at radius 2 is 1.69 bits per heavy atom. The maximum atomic E-state index is 15.5. The molecule has 49 heavy (non-hydrogen) atoms. The molecule has 260 valence electrons. The summed E-state index contributed by atoms with van der Waals surface area (Å²) >= 11 is -1.58. The third-order valence-corrected chi connectivity index (χ3v) is 9.90. The number of rotatable bonds is 12. The first-order valence-corrected chi connectivity index (χ1v) is 16.8. The van der Waals surface area contributed by atoms with E-state index in [-0.39, 0.29) is 17.9 Å². The van der Waals surface area contributed by atoms with Gasteiger partial charge in [-0.05, 0) is 80.5 Å². The minimum Gasteiger partial charge on any atom is -0.598 e. The number of alkyl halides is 3. The van der Waals surface area contributed by atoms with Gasteiger partial charge in [0.05, 0.1) is 11.4 Å². The molecular formula is C35H37F4N5O4S. The average molecular weight is 700 g/mol. The molecule has 1 unspecified atom stereocenters. The molecule has 14 heteroatoms. The van der Waals surface area contributed by atoms with Gasteiger partial charge in [0, 0.05) is 24.0 Å². The molecule has 1 fully saturated rings. The van der Waals surface area contributed by atoms with Crippen LogP contribution in [-0.2, 0) is 29.6 Å². The zero-order valence-electron chi connectivity index (χ0n) is 27.1. The molecule has 9 nitrogen and oxygen atoms in total. The van der Waals surface area contributed by atoms with E-state index < -0.39 is 57.0 Å². The molecule has 4 aromatic rings. The van der Waals surface area contributed by atoms with Crippen molar-refractivity contribution in [2.75, 3.05) is 5.32 Å². The maximum absolute atomic E-state index is 15.5. The van der Waals surface area contributed by atoms with Gasteiger partial charge in [0.1, 0.15) is 21.8 Å². The number of amides is 2. The first kappa shape index (κ1) is 35.9. The number of nitrogens with one attached hydrogen (secondary N) is 3. The molecule has 2 amide bonds. The highest BCUT2D eigenvalue weighted by Crippen LogP contribution is 2.43. The molecule has 3 aromatic carbocycles. The molecule has 1 aromatic heterocycles. The molecule has 2 atom stereocenters. The molecule has 1 saturated carbocycles. The molecule has 0 aliphatic heterocycles. The van der Waals surface area contributed by atoms with E-state index >= 15 is 4.39 Å². The number of halogens is 4. The third kappa shape index (κ3) is 8.61. The highest BCUT2D eigenvalue weighted by molar-refractivity contribution is 7.90. The van der Waals surface area contributed by atoms with E-state index in [0.29, 0.717) is 29.5 Å². The molecule has 0 spiro atoms. The van der Waals surface area contributed by atoms with Crippen molar-refractivity contribution in [2.24, 2.45) is 5.92 Å². The van der Waals surface area contributed by atoms with Crippen LogP contribution in [0.5, 0.6) is 0 Å². The molecule has 0 saturated heterocycles. The van der Waals surface area contributed by atoms with Gasteiger partial charge in [0.15, 0.2) is 5.69 Å². The minimum absolute atomic E-state index is 0.0524. The lowest BCUT2D eigenvalue weighted by Crippen LogP contribution is -2.52. The van der Waals surface area contributed by atoms with E-state index in [4.69, 9.17) is 5.11 Å². The summed E-state index contributed by atoms with van der Waals surface area (Å²) in [7, 11) is 0. The Hall–Kier alpha value is -4.40. The molecule has 1 aliphatic rings. The molecule has 0 radical (unpaired) electrons. The lowest BCUT2D eigenvalue weighted by molar-refractivity contribution is -0.141. The predicted molar refractivity (Wildman–Crippen MR) is 178 cm³/mol. The van der Waals surface area contributed by atoms with Crippen molar-refractivity contribution in [3.8, 4) is 5.69 Å². The van der Waals surface area contributed by atoms with Gasteiger partial charge in [0.25, 0.3) is 5.91 Å². The van der Waals surface area contributed by atoms with E-state index in [0.717, 1.165) is 29.5 Å². The van der Waals surface area contributed by atoms with Gasteiger partial charge in [-0.3, -0.25) is 4.79 Å². The van der Waals surface area contributed by atoms with Crippen molar-refractivity contribution in [1.29, 1.82) is 0 Å². The summed E-state index contributed by atoms with van der Waals surface area (Å²) in [5.74, 6) is -1.40. The van der Waals surface area contributed by atoms with Crippen LogP contribution in [0.2, 0.25) is 0 Å². The summed E-state index contributed by atoms with van der Waals surface area (Å²) in [6.07, 6.45) is -2.74. The summed E-state index contributed by atoms with van der Waals surface area (Å²) in [4.78, 5) is 24.7. The second-order valence-corrected chi connectivity index (χ2v) is 15.0. The highest BCUT2D eigenvalue weighted by atomic mass is 32.2. The fraction of sp³-hybridized carbons (Fsp3) is 0.343. The monoisotopic (exact) mass is 699 g/mol. The Kier molecular flexibility index (Phi) is 10.4. The average Bonchev–Trinajstić information content (AvgIpc) is 3.76.